The summed E-state index contributed by atoms with van der Waals surface area (Å²) in [6.07, 6.45) is 0.146. The summed E-state index contributed by atoms with van der Waals surface area (Å²) in [5.74, 6) is 0.405. The highest BCUT2D eigenvalue weighted by Crippen LogP contribution is 2.19. The van der Waals surface area contributed by atoms with Crippen LogP contribution in [0.5, 0.6) is 5.75 Å². The fraction of sp³-hybridized carbons (Fsp3) is 0.316. The first kappa shape index (κ1) is 17.0. The molecule has 122 valence electrons. The number of hydrogen-bond acceptors (Lipinski definition) is 4. The lowest BCUT2D eigenvalue weighted by atomic mass is 10.1. The maximum atomic E-state index is 11.4. The van der Waals surface area contributed by atoms with Crippen molar-refractivity contribution in [1.82, 2.24) is 0 Å². The van der Waals surface area contributed by atoms with Crippen molar-refractivity contribution in [3.8, 4) is 5.75 Å². The molecule has 2 aromatic carbocycles. The monoisotopic (exact) mass is 314 g/mol. The Kier molecular flexibility index (Phi) is 6.63. The van der Waals surface area contributed by atoms with Gasteiger partial charge in [-0.25, -0.2) is 0 Å². The number of carbonyl (C=O) groups excluding carboxylic acids is 1. The second kappa shape index (κ2) is 8.96. The Bertz CT molecular complexity index is 610. The molecule has 0 fully saturated rings. The summed E-state index contributed by atoms with van der Waals surface area (Å²) in [6.45, 7) is 2.94. The Morgan fingerprint density at radius 2 is 1.74 bits per heavy atom. The SMILES string of the molecule is COC(=O)Cc1ccccc1OCC(C)OCc1ccccc1. The van der Waals surface area contributed by atoms with E-state index in [1.807, 2.05) is 61.5 Å². The summed E-state index contributed by atoms with van der Waals surface area (Å²) in [7, 11) is 1.38. The van der Waals surface area contributed by atoms with Crippen LogP contribution in [0.2, 0.25) is 0 Å². The van der Waals surface area contributed by atoms with Gasteiger partial charge in [0.2, 0.25) is 0 Å². The minimum absolute atomic E-state index is 0.0543. The molecule has 4 heteroatoms. The van der Waals surface area contributed by atoms with Gasteiger partial charge in [-0.05, 0) is 18.6 Å². The highest BCUT2D eigenvalue weighted by Gasteiger charge is 2.10. The Balaban J connectivity index is 1.84. The third-order valence-electron chi connectivity index (χ3n) is 3.39. The summed E-state index contributed by atoms with van der Waals surface area (Å²) in [5, 5.41) is 0. The molecule has 1 unspecified atom stereocenters. The van der Waals surface area contributed by atoms with Gasteiger partial charge in [-0.3, -0.25) is 4.79 Å². The predicted molar refractivity (Wildman–Crippen MR) is 88.4 cm³/mol. The maximum Gasteiger partial charge on any atom is 0.310 e. The van der Waals surface area contributed by atoms with Gasteiger partial charge in [-0.1, -0.05) is 48.5 Å². The van der Waals surface area contributed by atoms with Crippen LogP contribution < -0.4 is 4.74 Å². The quantitative estimate of drug-likeness (QED) is 0.701. The second-order valence-electron chi connectivity index (χ2n) is 5.28. The van der Waals surface area contributed by atoms with Gasteiger partial charge in [0, 0.05) is 5.56 Å². The fourth-order valence-corrected chi connectivity index (χ4v) is 2.09. The summed E-state index contributed by atoms with van der Waals surface area (Å²) in [5.41, 5.74) is 1.94. The van der Waals surface area contributed by atoms with Crippen LogP contribution in [0.1, 0.15) is 18.1 Å². The lowest BCUT2D eigenvalue weighted by molar-refractivity contribution is -0.139. The Morgan fingerprint density at radius 3 is 2.48 bits per heavy atom. The van der Waals surface area contributed by atoms with E-state index in [2.05, 4.69) is 0 Å². The van der Waals surface area contributed by atoms with Crippen LogP contribution in [-0.2, 0) is 27.3 Å². The maximum absolute atomic E-state index is 11.4. The van der Waals surface area contributed by atoms with Crippen molar-refractivity contribution in [1.29, 1.82) is 0 Å². The molecule has 0 spiro atoms. The van der Waals surface area contributed by atoms with Gasteiger partial charge in [-0.2, -0.15) is 0 Å². The molecule has 23 heavy (non-hydrogen) atoms. The number of ether oxygens (including phenoxy) is 3. The summed E-state index contributed by atoms with van der Waals surface area (Å²) >= 11 is 0. The van der Waals surface area contributed by atoms with Crippen molar-refractivity contribution in [2.75, 3.05) is 13.7 Å². The number of benzene rings is 2. The zero-order chi connectivity index (χ0) is 16.5. The molecule has 0 aliphatic carbocycles. The number of carbonyl (C=O) groups is 1. The van der Waals surface area contributed by atoms with Crippen molar-refractivity contribution < 1.29 is 19.0 Å². The molecule has 0 radical (unpaired) electrons. The first-order valence-electron chi connectivity index (χ1n) is 7.62. The highest BCUT2D eigenvalue weighted by molar-refractivity contribution is 5.73. The third kappa shape index (κ3) is 5.75. The van der Waals surface area contributed by atoms with Crippen LogP contribution in [0.3, 0.4) is 0 Å². The molecule has 0 aliphatic rings. The molecular weight excluding hydrogens is 292 g/mol. The molecule has 0 heterocycles. The number of rotatable bonds is 8. The van der Waals surface area contributed by atoms with Crippen molar-refractivity contribution >= 4 is 5.97 Å². The van der Waals surface area contributed by atoms with Crippen LogP contribution >= 0.6 is 0 Å². The molecule has 0 aromatic heterocycles. The molecule has 0 saturated carbocycles. The topological polar surface area (TPSA) is 44.8 Å². The summed E-state index contributed by atoms with van der Waals surface area (Å²) in [6, 6.07) is 17.5. The number of methoxy groups -OCH3 is 1. The average molecular weight is 314 g/mol. The van der Waals surface area contributed by atoms with Crippen LogP contribution in [0.4, 0.5) is 0 Å². The van der Waals surface area contributed by atoms with E-state index < -0.39 is 0 Å². The van der Waals surface area contributed by atoms with E-state index in [0.29, 0.717) is 19.0 Å². The van der Waals surface area contributed by atoms with Gasteiger partial charge in [0.25, 0.3) is 0 Å². The summed E-state index contributed by atoms with van der Waals surface area (Å²) in [4.78, 5) is 11.4. The molecular formula is C19H22O4. The molecule has 0 amide bonds. The molecule has 2 aromatic rings. The fourth-order valence-electron chi connectivity index (χ4n) is 2.09. The first-order chi connectivity index (χ1) is 11.2. The van der Waals surface area contributed by atoms with Crippen LogP contribution in [0.15, 0.2) is 54.6 Å². The largest absolute Gasteiger partial charge is 0.491 e. The van der Waals surface area contributed by atoms with Crippen LogP contribution in [-0.4, -0.2) is 25.8 Å². The molecule has 0 N–H and O–H groups in total. The van der Waals surface area contributed by atoms with E-state index in [1.54, 1.807) is 0 Å². The van der Waals surface area contributed by atoms with E-state index in [0.717, 1.165) is 11.1 Å². The van der Waals surface area contributed by atoms with Gasteiger partial charge in [0.1, 0.15) is 12.4 Å². The molecule has 4 nitrogen and oxygen atoms in total. The van der Waals surface area contributed by atoms with Crippen molar-refractivity contribution in [2.24, 2.45) is 0 Å². The normalized spacial score (nSPS) is 11.7. The van der Waals surface area contributed by atoms with Gasteiger partial charge in [-0.15, -0.1) is 0 Å². The average Bonchev–Trinajstić information content (AvgIpc) is 2.60. The molecule has 0 aliphatic heterocycles. The zero-order valence-electron chi connectivity index (χ0n) is 13.5. The number of hydrogen-bond donors (Lipinski definition) is 0. The molecule has 0 bridgehead atoms. The Hall–Kier alpha value is -2.33. The van der Waals surface area contributed by atoms with Gasteiger partial charge >= 0.3 is 5.97 Å². The lowest BCUT2D eigenvalue weighted by Crippen LogP contribution is -2.18. The lowest BCUT2D eigenvalue weighted by Gasteiger charge is -2.16. The van der Waals surface area contributed by atoms with E-state index in [1.165, 1.54) is 7.11 Å². The zero-order valence-corrected chi connectivity index (χ0v) is 13.5. The van der Waals surface area contributed by atoms with Gasteiger partial charge in [0.15, 0.2) is 0 Å². The Morgan fingerprint density at radius 1 is 1.04 bits per heavy atom. The van der Waals surface area contributed by atoms with Crippen LogP contribution in [0, 0.1) is 0 Å². The first-order valence-corrected chi connectivity index (χ1v) is 7.62. The second-order valence-corrected chi connectivity index (χ2v) is 5.28. The summed E-state index contributed by atoms with van der Waals surface area (Å²) < 4.78 is 16.3. The van der Waals surface area contributed by atoms with E-state index >= 15 is 0 Å². The number of esters is 1. The van der Waals surface area contributed by atoms with Crippen molar-refractivity contribution in [3.05, 3.63) is 65.7 Å². The minimum Gasteiger partial charge on any atom is -0.491 e. The van der Waals surface area contributed by atoms with Gasteiger partial charge < -0.3 is 14.2 Å². The van der Waals surface area contributed by atoms with E-state index in [9.17, 15) is 4.79 Å². The van der Waals surface area contributed by atoms with E-state index in [-0.39, 0.29) is 18.5 Å². The van der Waals surface area contributed by atoms with E-state index in [4.69, 9.17) is 14.2 Å². The third-order valence-corrected chi connectivity index (χ3v) is 3.39. The van der Waals surface area contributed by atoms with Crippen molar-refractivity contribution in [3.63, 3.8) is 0 Å². The van der Waals surface area contributed by atoms with Crippen LogP contribution in [0.25, 0.3) is 0 Å². The van der Waals surface area contributed by atoms with Gasteiger partial charge in [0.05, 0.1) is 26.2 Å². The minimum atomic E-state index is -0.283. The highest BCUT2D eigenvalue weighted by atomic mass is 16.5. The molecule has 1 atom stereocenters. The number of para-hydroxylation sites is 1. The predicted octanol–water partition coefficient (Wildman–Crippen LogP) is 3.39. The molecule has 0 saturated heterocycles. The smallest absolute Gasteiger partial charge is 0.310 e. The van der Waals surface area contributed by atoms with Crippen molar-refractivity contribution in [2.45, 2.75) is 26.1 Å². The molecule has 2 rings (SSSR count). The Labute approximate surface area is 137 Å². The standard InChI is InChI=1S/C19H22O4/c1-15(22-14-16-8-4-3-5-9-16)13-23-18-11-7-6-10-17(18)12-19(20)21-2/h3-11,15H,12-14H2,1-2H3.